The number of carbonyl (C=O) groups is 3. The fourth-order valence-electron chi connectivity index (χ4n) is 0. The zero-order valence-corrected chi connectivity index (χ0v) is 9.63. The maximum absolute atomic E-state index is 8.89. The molecule has 0 aromatic heterocycles. The smallest absolute Gasteiger partial charge is 0.0383 e. The maximum atomic E-state index is 8.89. The summed E-state index contributed by atoms with van der Waals surface area (Å²) >= 11 is 0. The van der Waals surface area contributed by atoms with Gasteiger partial charge in [0, 0.05) is 35.3 Å². The van der Waals surface area contributed by atoms with E-state index in [1.165, 1.54) is 0 Å². The summed E-state index contributed by atoms with van der Waals surface area (Å²) in [4.78, 5) is 26.7. The van der Waals surface area contributed by atoms with Gasteiger partial charge in [-0.1, -0.05) is 0 Å². The molecule has 0 atom stereocenters. The number of carboxylic acid groups (broad SMARTS) is 3. The molecule has 4 N–H and O–H groups in total. The van der Waals surface area contributed by atoms with Crippen LogP contribution in [-0.2, 0) is 31.7 Å². The second kappa shape index (κ2) is 29.3. The second-order valence-electron chi connectivity index (χ2n) is 1.47. The first-order chi connectivity index (χ1) is 5.20. The summed E-state index contributed by atoms with van der Waals surface area (Å²) in [7, 11) is 0. The van der Waals surface area contributed by atoms with Crippen LogP contribution in [0.4, 0.5) is 0 Å². The van der Waals surface area contributed by atoms with Crippen molar-refractivity contribution < 1.29 is 58.0 Å². The molecule has 9 heteroatoms. The van der Waals surface area contributed by atoms with Crippen LogP contribution in [0.25, 0.3) is 0 Å². The Bertz CT molecular complexity index is 117. The van der Waals surface area contributed by atoms with Gasteiger partial charge in [0.25, 0.3) is 0 Å². The molecule has 0 fully saturated rings. The van der Waals surface area contributed by atoms with Crippen molar-refractivity contribution in [2.45, 2.75) is 20.8 Å². The van der Waals surface area contributed by atoms with Gasteiger partial charge in [0.05, 0.1) is 0 Å². The molecule has 8 nitrogen and oxygen atoms in total. The molecule has 0 rings (SSSR count). The van der Waals surface area contributed by atoms with Crippen molar-refractivity contribution >= 4 is 17.9 Å². The van der Waals surface area contributed by atoms with Crippen LogP contribution in [0.2, 0.25) is 0 Å². The molecular formula is C6H13CrO8-3. The van der Waals surface area contributed by atoms with Gasteiger partial charge in [0.1, 0.15) is 0 Å². The molecule has 0 aliphatic carbocycles. The number of rotatable bonds is 0. The zero-order valence-electron chi connectivity index (χ0n) is 8.36. The SMILES string of the molecule is CC(=O)[O-].CC(=O)[O-].CC(=O)[O-].O.O.[Cr]. The Hall–Kier alpha value is -1.14. The normalized spacial score (nSPS) is 5.00. The van der Waals surface area contributed by atoms with Crippen LogP contribution in [0.3, 0.4) is 0 Å². The Morgan fingerprint density at radius 2 is 0.667 bits per heavy atom. The average Bonchev–Trinajstić information content (AvgIpc) is 1.54. The van der Waals surface area contributed by atoms with Crippen molar-refractivity contribution in [3.05, 3.63) is 0 Å². The fourth-order valence-corrected chi connectivity index (χ4v) is 0. The minimum absolute atomic E-state index is 0. The molecule has 0 aliphatic rings. The molecule has 15 heavy (non-hydrogen) atoms. The number of aliphatic carboxylic acids is 3. The standard InChI is InChI=1S/3C2H4O2.Cr.2H2O/c3*1-2(3)4;;;/h3*1H3,(H,3,4);;2*1H2/p-3. The predicted octanol–water partition coefficient (Wildman–Crippen LogP) is -5.38. The van der Waals surface area contributed by atoms with Gasteiger partial charge in [0.2, 0.25) is 0 Å². The molecule has 0 aromatic rings. The summed E-state index contributed by atoms with van der Waals surface area (Å²) in [6.07, 6.45) is 0. The van der Waals surface area contributed by atoms with Crippen LogP contribution in [0, 0.1) is 0 Å². The molecule has 0 amide bonds. The molecule has 0 aliphatic heterocycles. The Balaban J connectivity index is -0.0000000184. The predicted molar refractivity (Wildman–Crippen MR) is 39.3 cm³/mol. The van der Waals surface area contributed by atoms with Crippen molar-refractivity contribution in [1.29, 1.82) is 0 Å². The largest absolute Gasteiger partial charge is 0.550 e. The van der Waals surface area contributed by atoms with Crippen molar-refractivity contribution in [3.8, 4) is 0 Å². The van der Waals surface area contributed by atoms with Gasteiger partial charge in [0.15, 0.2) is 0 Å². The van der Waals surface area contributed by atoms with E-state index in [1.54, 1.807) is 0 Å². The van der Waals surface area contributed by atoms with Crippen molar-refractivity contribution in [1.82, 2.24) is 0 Å². The third-order valence-electron chi connectivity index (χ3n) is 0. The van der Waals surface area contributed by atoms with Gasteiger partial charge >= 0.3 is 0 Å². The Morgan fingerprint density at radius 1 is 0.667 bits per heavy atom. The number of carboxylic acids is 3. The van der Waals surface area contributed by atoms with Gasteiger partial charge in [-0.3, -0.25) is 0 Å². The third kappa shape index (κ3) is 1170. The minimum atomic E-state index is -1.08. The molecule has 0 bridgehead atoms. The van der Waals surface area contributed by atoms with E-state index in [0.29, 0.717) is 0 Å². The first-order valence-corrected chi connectivity index (χ1v) is 2.72. The Kier molecular flexibility index (Phi) is 72.4. The molecule has 0 unspecified atom stereocenters. The van der Waals surface area contributed by atoms with Crippen LogP contribution in [-0.4, -0.2) is 28.9 Å². The van der Waals surface area contributed by atoms with E-state index in [0.717, 1.165) is 20.8 Å². The van der Waals surface area contributed by atoms with Crippen LogP contribution in [0.5, 0.6) is 0 Å². The van der Waals surface area contributed by atoms with E-state index in [2.05, 4.69) is 0 Å². The van der Waals surface area contributed by atoms with Crippen LogP contribution in [0.1, 0.15) is 20.8 Å². The molecule has 0 saturated carbocycles. The maximum Gasteiger partial charge on any atom is 0.0383 e. The van der Waals surface area contributed by atoms with Crippen LogP contribution >= 0.6 is 0 Å². The molecule has 94 valence electrons. The summed E-state index contributed by atoms with van der Waals surface area (Å²) < 4.78 is 0. The van der Waals surface area contributed by atoms with E-state index in [4.69, 9.17) is 29.7 Å². The topological polar surface area (TPSA) is 183 Å². The molecular weight excluding hydrogens is 252 g/mol. The van der Waals surface area contributed by atoms with Gasteiger partial charge < -0.3 is 40.7 Å². The number of hydrogen-bond acceptors (Lipinski definition) is 6. The second-order valence-corrected chi connectivity index (χ2v) is 1.47. The summed E-state index contributed by atoms with van der Waals surface area (Å²) in [5.74, 6) is -3.25. The summed E-state index contributed by atoms with van der Waals surface area (Å²) in [6, 6.07) is 0. The molecule has 0 saturated heterocycles. The average molecular weight is 265 g/mol. The van der Waals surface area contributed by atoms with Crippen molar-refractivity contribution in [2.24, 2.45) is 0 Å². The van der Waals surface area contributed by atoms with Crippen LogP contribution < -0.4 is 15.3 Å². The minimum Gasteiger partial charge on any atom is -0.550 e. The number of carbonyl (C=O) groups excluding carboxylic acids is 3. The molecule has 0 spiro atoms. The van der Waals surface area contributed by atoms with E-state index in [-0.39, 0.29) is 28.3 Å². The van der Waals surface area contributed by atoms with Gasteiger partial charge in [-0.05, 0) is 20.8 Å². The van der Waals surface area contributed by atoms with Crippen molar-refractivity contribution in [2.75, 3.05) is 0 Å². The van der Waals surface area contributed by atoms with Crippen LogP contribution in [0.15, 0.2) is 0 Å². The molecule has 0 aromatic carbocycles. The quantitative estimate of drug-likeness (QED) is 0.420. The fraction of sp³-hybridized carbons (Fsp3) is 0.500. The summed E-state index contributed by atoms with van der Waals surface area (Å²) in [6.45, 7) is 2.92. The van der Waals surface area contributed by atoms with Gasteiger partial charge in [-0.2, -0.15) is 0 Å². The van der Waals surface area contributed by atoms with Gasteiger partial charge in [-0.15, -0.1) is 0 Å². The van der Waals surface area contributed by atoms with E-state index in [1.807, 2.05) is 0 Å². The van der Waals surface area contributed by atoms with E-state index >= 15 is 0 Å². The molecule has 0 heterocycles. The van der Waals surface area contributed by atoms with E-state index in [9.17, 15) is 0 Å². The Morgan fingerprint density at radius 3 is 0.667 bits per heavy atom. The summed E-state index contributed by atoms with van der Waals surface area (Å²) in [5, 5.41) is 26.7. The first-order valence-electron chi connectivity index (χ1n) is 2.72. The van der Waals surface area contributed by atoms with Gasteiger partial charge in [-0.25, -0.2) is 0 Å². The Labute approximate surface area is 97.3 Å². The third-order valence-corrected chi connectivity index (χ3v) is 0. The first kappa shape index (κ1) is 37.1. The summed E-state index contributed by atoms with van der Waals surface area (Å²) in [5.41, 5.74) is 0. The monoisotopic (exact) mass is 265 g/mol. The number of hydrogen-bond donors (Lipinski definition) is 0. The van der Waals surface area contributed by atoms with Crippen molar-refractivity contribution in [3.63, 3.8) is 0 Å². The molecule has 0 radical (unpaired) electrons. The van der Waals surface area contributed by atoms with E-state index < -0.39 is 17.9 Å². The zero-order chi connectivity index (χ0) is 10.7.